The van der Waals surface area contributed by atoms with E-state index in [1.54, 1.807) is 24.3 Å². The number of benzene rings is 1. The Morgan fingerprint density at radius 2 is 1.62 bits per heavy atom. The molecule has 1 aromatic carbocycles. The van der Waals surface area contributed by atoms with E-state index in [1.165, 1.54) is 0 Å². The highest BCUT2D eigenvalue weighted by molar-refractivity contribution is 5.94. The standard InChI is InChI=1S/C20H30N2O4/c1-5-25-15-12-10-14(11-13-15)18(23)21-16-8-6-7-9-17(16)22-19(24)26-20(2,3)4/h10-13,16-17H,5-9H2,1-4H3,(H,21,23)(H,22,24)/t16-,17-/m1/s1. The van der Waals surface area contributed by atoms with E-state index < -0.39 is 11.7 Å². The molecule has 26 heavy (non-hydrogen) atoms. The van der Waals surface area contributed by atoms with Gasteiger partial charge in [-0.3, -0.25) is 4.79 Å². The smallest absolute Gasteiger partial charge is 0.407 e. The fourth-order valence-electron chi connectivity index (χ4n) is 3.06. The van der Waals surface area contributed by atoms with E-state index in [-0.39, 0.29) is 18.0 Å². The van der Waals surface area contributed by atoms with Crippen LogP contribution in [-0.4, -0.2) is 36.3 Å². The molecule has 1 fully saturated rings. The highest BCUT2D eigenvalue weighted by Crippen LogP contribution is 2.20. The lowest BCUT2D eigenvalue weighted by atomic mass is 9.90. The number of rotatable bonds is 5. The molecule has 1 saturated carbocycles. The van der Waals surface area contributed by atoms with Gasteiger partial charge in [-0.05, 0) is 64.8 Å². The number of nitrogens with one attached hydrogen (secondary N) is 2. The SMILES string of the molecule is CCOc1ccc(C(=O)N[C@@H]2CCCC[C@H]2NC(=O)OC(C)(C)C)cc1. The van der Waals surface area contributed by atoms with Crippen molar-refractivity contribution < 1.29 is 19.1 Å². The van der Waals surface area contributed by atoms with Gasteiger partial charge in [0, 0.05) is 11.6 Å². The van der Waals surface area contributed by atoms with Crippen molar-refractivity contribution in [2.75, 3.05) is 6.61 Å². The first-order valence-corrected chi connectivity index (χ1v) is 9.31. The van der Waals surface area contributed by atoms with Gasteiger partial charge < -0.3 is 20.1 Å². The monoisotopic (exact) mass is 362 g/mol. The molecule has 144 valence electrons. The van der Waals surface area contributed by atoms with Crippen LogP contribution in [0.1, 0.15) is 63.7 Å². The van der Waals surface area contributed by atoms with Crippen LogP contribution in [0.25, 0.3) is 0 Å². The fourth-order valence-corrected chi connectivity index (χ4v) is 3.06. The molecule has 2 rings (SSSR count). The molecule has 2 atom stereocenters. The van der Waals surface area contributed by atoms with Crippen molar-refractivity contribution in [1.29, 1.82) is 0 Å². The van der Waals surface area contributed by atoms with Gasteiger partial charge in [0.2, 0.25) is 0 Å². The van der Waals surface area contributed by atoms with Crippen LogP contribution in [0.5, 0.6) is 5.75 Å². The van der Waals surface area contributed by atoms with Crippen LogP contribution in [-0.2, 0) is 4.74 Å². The molecule has 0 saturated heterocycles. The Hall–Kier alpha value is -2.24. The molecule has 0 bridgehead atoms. The van der Waals surface area contributed by atoms with Gasteiger partial charge in [-0.1, -0.05) is 12.8 Å². The summed E-state index contributed by atoms with van der Waals surface area (Å²) in [5.74, 6) is 0.599. The number of ether oxygens (including phenoxy) is 2. The molecule has 0 heterocycles. The number of alkyl carbamates (subject to hydrolysis) is 1. The van der Waals surface area contributed by atoms with Crippen molar-refractivity contribution in [1.82, 2.24) is 10.6 Å². The van der Waals surface area contributed by atoms with E-state index in [2.05, 4.69) is 10.6 Å². The molecule has 0 aliphatic heterocycles. The second-order valence-electron chi connectivity index (χ2n) is 7.57. The van der Waals surface area contributed by atoms with Crippen molar-refractivity contribution in [3.05, 3.63) is 29.8 Å². The van der Waals surface area contributed by atoms with Gasteiger partial charge in [-0.2, -0.15) is 0 Å². The van der Waals surface area contributed by atoms with E-state index in [1.807, 2.05) is 27.7 Å². The third-order valence-corrected chi connectivity index (χ3v) is 4.21. The molecule has 6 heteroatoms. The lowest BCUT2D eigenvalue weighted by molar-refractivity contribution is 0.0475. The zero-order valence-corrected chi connectivity index (χ0v) is 16.1. The van der Waals surface area contributed by atoms with Crippen LogP contribution in [0.3, 0.4) is 0 Å². The molecule has 2 N–H and O–H groups in total. The van der Waals surface area contributed by atoms with Crippen LogP contribution < -0.4 is 15.4 Å². The molecule has 6 nitrogen and oxygen atoms in total. The van der Waals surface area contributed by atoms with Gasteiger partial charge in [-0.25, -0.2) is 4.79 Å². The summed E-state index contributed by atoms with van der Waals surface area (Å²) in [5.41, 5.74) is 0.0369. The topological polar surface area (TPSA) is 76.7 Å². The second-order valence-corrected chi connectivity index (χ2v) is 7.57. The summed E-state index contributed by atoms with van der Waals surface area (Å²) in [7, 11) is 0. The predicted octanol–water partition coefficient (Wildman–Crippen LogP) is 3.65. The summed E-state index contributed by atoms with van der Waals surface area (Å²) in [4.78, 5) is 24.6. The van der Waals surface area contributed by atoms with E-state index >= 15 is 0 Å². The Labute approximate surface area is 155 Å². The largest absolute Gasteiger partial charge is 0.494 e. The summed E-state index contributed by atoms with van der Waals surface area (Å²) in [5, 5.41) is 5.97. The van der Waals surface area contributed by atoms with E-state index in [0.29, 0.717) is 12.2 Å². The van der Waals surface area contributed by atoms with Crippen LogP contribution in [0.15, 0.2) is 24.3 Å². The number of carbonyl (C=O) groups excluding carboxylic acids is 2. The fraction of sp³-hybridized carbons (Fsp3) is 0.600. The van der Waals surface area contributed by atoms with Crippen LogP contribution in [0.2, 0.25) is 0 Å². The molecule has 1 aromatic rings. The molecular formula is C20H30N2O4. The first kappa shape index (κ1) is 20.1. The van der Waals surface area contributed by atoms with Gasteiger partial charge >= 0.3 is 6.09 Å². The highest BCUT2D eigenvalue weighted by atomic mass is 16.6. The van der Waals surface area contributed by atoms with E-state index in [9.17, 15) is 9.59 Å². The Morgan fingerprint density at radius 3 is 2.15 bits per heavy atom. The summed E-state index contributed by atoms with van der Waals surface area (Å²) in [6.07, 6.45) is 3.28. The first-order chi connectivity index (χ1) is 12.3. The average Bonchev–Trinajstić information content (AvgIpc) is 2.56. The van der Waals surface area contributed by atoms with Crippen LogP contribution in [0.4, 0.5) is 4.79 Å². The molecule has 0 radical (unpaired) electrons. The molecular weight excluding hydrogens is 332 g/mol. The van der Waals surface area contributed by atoms with Gasteiger partial charge in [0.1, 0.15) is 11.4 Å². The summed E-state index contributed by atoms with van der Waals surface area (Å²) < 4.78 is 10.7. The minimum Gasteiger partial charge on any atom is -0.494 e. The van der Waals surface area contributed by atoms with Gasteiger partial charge in [0.25, 0.3) is 5.91 Å². The summed E-state index contributed by atoms with van der Waals surface area (Å²) >= 11 is 0. The van der Waals surface area contributed by atoms with Crippen LogP contribution in [0, 0.1) is 0 Å². The zero-order chi connectivity index (χ0) is 19.2. The van der Waals surface area contributed by atoms with Crippen LogP contribution >= 0.6 is 0 Å². The lowest BCUT2D eigenvalue weighted by Crippen LogP contribution is -2.53. The van der Waals surface area contributed by atoms with Crippen molar-refractivity contribution >= 4 is 12.0 Å². The van der Waals surface area contributed by atoms with Crippen molar-refractivity contribution in [3.63, 3.8) is 0 Å². The molecule has 0 spiro atoms. The maximum absolute atomic E-state index is 12.5. The van der Waals surface area contributed by atoms with Gasteiger partial charge in [0.15, 0.2) is 0 Å². The molecule has 0 aromatic heterocycles. The van der Waals surface area contributed by atoms with E-state index in [4.69, 9.17) is 9.47 Å². The number of hydrogen-bond acceptors (Lipinski definition) is 4. The zero-order valence-electron chi connectivity index (χ0n) is 16.1. The predicted molar refractivity (Wildman–Crippen MR) is 100 cm³/mol. The normalized spacial score (nSPS) is 20.2. The minimum atomic E-state index is -0.542. The second kappa shape index (κ2) is 8.92. The Kier molecular flexibility index (Phi) is 6.89. The van der Waals surface area contributed by atoms with Gasteiger partial charge in [0.05, 0.1) is 12.6 Å². The molecule has 2 amide bonds. The Balaban J connectivity index is 1.96. The van der Waals surface area contributed by atoms with Crippen molar-refractivity contribution in [3.8, 4) is 5.75 Å². The average molecular weight is 362 g/mol. The van der Waals surface area contributed by atoms with Crippen molar-refractivity contribution in [2.45, 2.75) is 71.1 Å². The van der Waals surface area contributed by atoms with E-state index in [0.717, 1.165) is 31.4 Å². The maximum atomic E-state index is 12.5. The Bertz CT molecular complexity index is 607. The summed E-state index contributed by atoms with van der Waals surface area (Å²) in [6.45, 7) is 8.00. The molecule has 0 unspecified atom stereocenters. The number of carbonyl (C=O) groups is 2. The number of hydrogen-bond donors (Lipinski definition) is 2. The third kappa shape index (κ3) is 6.24. The quantitative estimate of drug-likeness (QED) is 0.838. The third-order valence-electron chi connectivity index (χ3n) is 4.21. The lowest BCUT2D eigenvalue weighted by Gasteiger charge is -2.33. The maximum Gasteiger partial charge on any atom is 0.407 e. The number of amides is 2. The highest BCUT2D eigenvalue weighted by Gasteiger charge is 2.29. The molecule has 1 aliphatic rings. The van der Waals surface area contributed by atoms with Crippen molar-refractivity contribution in [2.24, 2.45) is 0 Å². The first-order valence-electron chi connectivity index (χ1n) is 9.31. The van der Waals surface area contributed by atoms with Gasteiger partial charge in [-0.15, -0.1) is 0 Å². The summed E-state index contributed by atoms with van der Waals surface area (Å²) in [6, 6.07) is 6.85. The Morgan fingerprint density at radius 1 is 1.04 bits per heavy atom. The minimum absolute atomic E-state index is 0.102. The molecule has 1 aliphatic carbocycles.